The molecule has 0 bridgehead atoms. The van der Waals surface area contributed by atoms with Crippen LogP contribution in [0.4, 0.5) is 0 Å². The van der Waals surface area contributed by atoms with Crippen molar-refractivity contribution in [1.82, 2.24) is 9.78 Å². The molecule has 0 spiro atoms. The van der Waals surface area contributed by atoms with Gasteiger partial charge in [0.05, 0.1) is 24.6 Å². The highest BCUT2D eigenvalue weighted by Crippen LogP contribution is 2.28. The fraction of sp³-hybridized carbons (Fsp3) is 0.240. The first-order chi connectivity index (χ1) is 15.5. The molecule has 1 amide bonds. The minimum absolute atomic E-state index is 0.158. The molecule has 0 radical (unpaired) electrons. The number of aromatic nitrogens is 2. The van der Waals surface area contributed by atoms with Crippen LogP contribution in [0.3, 0.4) is 0 Å². The number of hydrogen-bond acceptors (Lipinski definition) is 3. The van der Waals surface area contributed by atoms with Gasteiger partial charge in [0.25, 0.3) is 5.70 Å². The monoisotopic (exact) mass is 448 g/mol. The van der Waals surface area contributed by atoms with E-state index in [1.165, 1.54) is 18.9 Å². The summed E-state index contributed by atoms with van der Waals surface area (Å²) in [7, 11) is 0. The van der Waals surface area contributed by atoms with Gasteiger partial charge in [-0.2, -0.15) is 5.10 Å². The summed E-state index contributed by atoms with van der Waals surface area (Å²) in [5.41, 5.74) is 8.04. The lowest BCUT2D eigenvalue weighted by Crippen LogP contribution is -2.11. The molecule has 0 atom stereocenters. The number of unbranched alkanes of at least 4 members (excludes halogenated alkanes) is 3. The van der Waals surface area contributed by atoms with E-state index in [9.17, 15) is 4.79 Å². The van der Waals surface area contributed by atoms with Crippen LogP contribution in [0, 0.1) is 6.57 Å². The van der Waals surface area contributed by atoms with E-state index in [1.807, 2.05) is 36.4 Å². The van der Waals surface area contributed by atoms with Crippen LogP contribution in [0.25, 0.3) is 27.9 Å². The van der Waals surface area contributed by atoms with Crippen molar-refractivity contribution in [2.24, 2.45) is 5.73 Å². The lowest BCUT2D eigenvalue weighted by Gasteiger charge is -2.07. The van der Waals surface area contributed by atoms with E-state index in [0.717, 1.165) is 29.8 Å². The van der Waals surface area contributed by atoms with Gasteiger partial charge >= 0.3 is 0 Å². The zero-order chi connectivity index (χ0) is 22.9. The SMILES string of the molecule is [C-]#[N+]/C(=C/c1cn(-c2ccc(Cl)cc2)nc1-c1ccc(OCCCCCC)cc1)C(N)=O. The molecule has 2 aromatic carbocycles. The summed E-state index contributed by atoms with van der Waals surface area (Å²) in [6, 6.07) is 14.8. The Balaban J connectivity index is 1.91. The quantitative estimate of drug-likeness (QED) is 0.238. The molecule has 7 heteroatoms. The molecule has 0 unspecified atom stereocenters. The summed E-state index contributed by atoms with van der Waals surface area (Å²) in [4.78, 5) is 14.8. The lowest BCUT2D eigenvalue weighted by atomic mass is 10.1. The van der Waals surface area contributed by atoms with E-state index in [-0.39, 0.29) is 5.70 Å². The van der Waals surface area contributed by atoms with E-state index in [4.69, 9.17) is 28.6 Å². The standard InChI is InChI=1S/C25H25ClN4O2/c1-3-4-5-6-15-32-22-13-7-18(8-14-22)24-19(16-23(28-2)25(27)31)17-30(29-24)21-11-9-20(26)10-12-21/h7-14,16-17H,3-6,15H2,1H3,(H2,27,31)/b23-16+. The van der Waals surface area contributed by atoms with Crippen LogP contribution in [0.5, 0.6) is 5.75 Å². The highest BCUT2D eigenvalue weighted by atomic mass is 35.5. The molecule has 32 heavy (non-hydrogen) atoms. The zero-order valence-electron chi connectivity index (χ0n) is 17.9. The van der Waals surface area contributed by atoms with E-state index in [1.54, 1.807) is 23.0 Å². The van der Waals surface area contributed by atoms with Crippen LogP contribution in [0.1, 0.15) is 38.2 Å². The Kier molecular flexibility index (Phi) is 8.07. The van der Waals surface area contributed by atoms with Crippen molar-refractivity contribution < 1.29 is 9.53 Å². The van der Waals surface area contributed by atoms with Gasteiger partial charge in [-0.3, -0.25) is 4.79 Å². The second kappa shape index (κ2) is 11.2. The number of benzene rings is 2. The van der Waals surface area contributed by atoms with Gasteiger partial charge in [0.2, 0.25) is 5.91 Å². The van der Waals surface area contributed by atoms with Crippen molar-refractivity contribution >= 4 is 23.6 Å². The number of primary amides is 1. The Bertz CT molecular complexity index is 1130. The predicted octanol–water partition coefficient (Wildman–Crippen LogP) is 5.90. The fourth-order valence-electron chi connectivity index (χ4n) is 3.18. The maximum absolute atomic E-state index is 11.6. The molecule has 3 rings (SSSR count). The molecule has 0 aliphatic heterocycles. The molecule has 0 aliphatic carbocycles. The first kappa shape index (κ1) is 23.1. The van der Waals surface area contributed by atoms with E-state index >= 15 is 0 Å². The van der Waals surface area contributed by atoms with Crippen LogP contribution in [0.2, 0.25) is 5.02 Å². The number of ether oxygens (including phenoxy) is 1. The molecular formula is C25H25ClN4O2. The summed E-state index contributed by atoms with van der Waals surface area (Å²) in [5.74, 6) is 0.00970. The summed E-state index contributed by atoms with van der Waals surface area (Å²) < 4.78 is 7.50. The number of carbonyl (C=O) groups excluding carboxylic acids is 1. The molecular weight excluding hydrogens is 424 g/mol. The Hall–Kier alpha value is -3.56. The third-order valence-electron chi connectivity index (χ3n) is 4.89. The van der Waals surface area contributed by atoms with Gasteiger partial charge in [-0.05, 0) is 61.0 Å². The molecule has 0 saturated heterocycles. The van der Waals surface area contributed by atoms with Gasteiger partial charge in [-0.1, -0.05) is 37.8 Å². The Morgan fingerprint density at radius 2 is 1.88 bits per heavy atom. The van der Waals surface area contributed by atoms with Crippen LogP contribution in [-0.4, -0.2) is 22.3 Å². The zero-order valence-corrected chi connectivity index (χ0v) is 18.7. The van der Waals surface area contributed by atoms with E-state index in [0.29, 0.717) is 22.9 Å². The van der Waals surface area contributed by atoms with E-state index in [2.05, 4.69) is 16.9 Å². The molecule has 0 fully saturated rings. The third-order valence-corrected chi connectivity index (χ3v) is 5.15. The molecule has 1 aromatic heterocycles. The van der Waals surface area contributed by atoms with Crippen molar-refractivity contribution in [1.29, 1.82) is 0 Å². The lowest BCUT2D eigenvalue weighted by molar-refractivity contribution is -0.114. The average Bonchev–Trinajstić information content (AvgIpc) is 3.22. The van der Waals surface area contributed by atoms with Crippen LogP contribution < -0.4 is 10.5 Å². The number of amides is 1. The first-order valence-corrected chi connectivity index (χ1v) is 10.9. The summed E-state index contributed by atoms with van der Waals surface area (Å²) in [6.45, 7) is 10.1. The average molecular weight is 449 g/mol. The van der Waals surface area contributed by atoms with Crippen LogP contribution >= 0.6 is 11.6 Å². The summed E-state index contributed by atoms with van der Waals surface area (Å²) in [5, 5.41) is 5.31. The Morgan fingerprint density at radius 3 is 2.50 bits per heavy atom. The molecule has 2 N–H and O–H groups in total. The van der Waals surface area contributed by atoms with Gasteiger partial charge in [0.15, 0.2) is 0 Å². The second-order valence-electron chi connectivity index (χ2n) is 7.29. The Morgan fingerprint density at radius 1 is 1.16 bits per heavy atom. The predicted molar refractivity (Wildman–Crippen MR) is 127 cm³/mol. The van der Waals surface area contributed by atoms with Crippen LogP contribution in [0.15, 0.2) is 60.4 Å². The van der Waals surface area contributed by atoms with Crippen LogP contribution in [-0.2, 0) is 4.79 Å². The summed E-state index contributed by atoms with van der Waals surface area (Å²) in [6.07, 6.45) is 7.82. The number of rotatable bonds is 10. The smallest absolute Gasteiger partial charge is 0.250 e. The number of hydrogen-bond donors (Lipinski definition) is 1. The van der Waals surface area contributed by atoms with Gasteiger partial charge in [-0.15, -0.1) is 0 Å². The second-order valence-corrected chi connectivity index (χ2v) is 7.73. The third kappa shape index (κ3) is 5.99. The number of halogens is 1. The van der Waals surface area contributed by atoms with Crippen molar-refractivity contribution in [2.75, 3.05) is 6.61 Å². The molecule has 0 aliphatic rings. The normalized spacial score (nSPS) is 11.2. The van der Waals surface area contributed by atoms with Gasteiger partial charge < -0.3 is 10.5 Å². The van der Waals surface area contributed by atoms with Gasteiger partial charge in [-0.25, -0.2) is 9.53 Å². The molecule has 3 aromatic rings. The first-order valence-electron chi connectivity index (χ1n) is 10.5. The van der Waals surface area contributed by atoms with Gasteiger partial charge in [0, 0.05) is 22.3 Å². The van der Waals surface area contributed by atoms with Crippen molar-refractivity contribution in [3.8, 4) is 22.7 Å². The van der Waals surface area contributed by atoms with Crippen molar-refractivity contribution in [3.05, 3.63) is 82.4 Å². The fourth-order valence-corrected chi connectivity index (χ4v) is 3.30. The number of carbonyl (C=O) groups is 1. The number of nitrogens with zero attached hydrogens (tertiary/aromatic N) is 3. The molecule has 0 saturated carbocycles. The van der Waals surface area contributed by atoms with Crippen molar-refractivity contribution in [2.45, 2.75) is 32.6 Å². The van der Waals surface area contributed by atoms with Crippen molar-refractivity contribution in [3.63, 3.8) is 0 Å². The maximum atomic E-state index is 11.6. The minimum atomic E-state index is -0.781. The molecule has 1 heterocycles. The largest absolute Gasteiger partial charge is 0.494 e. The number of nitrogens with two attached hydrogens (primary N) is 1. The topological polar surface area (TPSA) is 74.5 Å². The van der Waals surface area contributed by atoms with Gasteiger partial charge in [0.1, 0.15) is 5.75 Å². The summed E-state index contributed by atoms with van der Waals surface area (Å²) >= 11 is 5.99. The minimum Gasteiger partial charge on any atom is -0.494 e. The highest BCUT2D eigenvalue weighted by molar-refractivity contribution is 6.30. The Labute approximate surface area is 193 Å². The molecule has 6 nitrogen and oxygen atoms in total. The van der Waals surface area contributed by atoms with E-state index < -0.39 is 5.91 Å². The highest BCUT2D eigenvalue weighted by Gasteiger charge is 2.14. The molecule has 164 valence electrons. The maximum Gasteiger partial charge on any atom is 0.250 e.